The van der Waals surface area contributed by atoms with E-state index in [4.69, 9.17) is 18.7 Å². The maximum Gasteiger partial charge on any atom is 0.256 e. The van der Waals surface area contributed by atoms with Crippen LogP contribution in [0.4, 0.5) is 0 Å². The normalized spacial score (nSPS) is 20.9. The van der Waals surface area contributed by atoms with Gasteiger partial charge in [-0.05, 0) is 31.0 Å². The molecule has 1 fully saturated rings. The lowest BCUT2D eigenvalue weighted by atomic mass is 10.2. The maximum absolute atomic E-state index is 5.52. The smallest absolute Gasteiger partial charge is 0.256 e. The van der Waals surface area contributed by atoms with E-state index in [0.717, 1.165) is 30.8 Å². The van der Waals surface area contributed by atoms with Gasteiger partial charge in [-0.2, -0.15) is 4.98 Å². The van der Waals surface area contributed by atoms with Gasteiger partial charge in [0.15, 0.2) is 11.5 Å². The predicted octanol–water partition coefficient (Wildman–Crippen LogP) is 2.32. The first-order valence-electron chi connectivity index (χ1n) is 6.25. The van der Waals surface area contributed by atoms with E-state index < -0.39 is 0 Å². The number of hydrogen-bond donors (Lipinski definition) is 0. The van der Waals surface area contributed by atoms with Crippen LogP contribution in [0.2, 0.25) is 0 Å². The highest BCUT2D eigenvalue weighted by atomic mass is 16.7. The topological polar surface area (TPSA) is 66.6 Å². The lowest BCUT2D eigenvalue weighted by Crippen LogP contribution is -1.95. The van der Waals surface area contributed by atoms with Crippen LogP contribution < -0.4 is 9.47 Å². The van der Waals surface area contributed by atoms with E-state index in [1.54, 1.807) is 0 Å². The summed E-state index contributed by atoms with van der Waals surface area (Å²) in [7, 11) is 0. The van der Waals surface area contributed by atoms with Gasteiger partial charge in [-0.1, -0.05) is 5.16 Å². The molecular formula is C13H12N2O4. The van der Waals surface area contributed by atoms with Gasteiger partial charge in [0, 0.05) is 12.2 Å². The third kappa shape index (κ3) is 1.84. The summed E-state index contributed by atoms with van der Waals surface area (Å²) in [5.74, 6) is 2.54. The van der Waals surface area contributed by atoms with E-state index in [9.17, 15) is 0 Å². The fraction of sp³-hybridized carbons (Fsp3) is 0.385. The highest BCUT2D eigenvalue weighted by Crippen LogP contribution is 2.35. The molecule has 98 valence electrons. The molecule has 0 bridgehead atoms. The molecule has 1 atom stereocenters. The van der Waals surface area contributed by atoms with Gasteiger partial charge in [0.1, 0.15) is 6.10 Å². The predicted molar refractivity (Wildman–Crippen MR) is 63.8 cm³/mol. The van der Waals surface area contributed by atoms with Gasteiger partial charge in [-0.15, -0.1) is 0 Å². The fourth-order valence-electron chi connectivity index (χ4n) is 2.29. The van der Waals surface area contributed by atoms with Crippen LogP contribution in [0.3, 0.4) is 0 Å². The molecule has 1 unspecified atom stereocenters. The molecule has 1 saturated heterocycles. The summed E-state index contributed by atoms with van der Waals surface area (Å²) in [6.07, 6.45) is 1.91. The summed E-state index contributed by atoms with van der Waals surface area (Å²) in [5.41, 5.74) is 0.845. The second-order valence-corrected chi connectivity index (χ2v) is 4.53. The Kier molecular flexibility index (Phi) is 2.41. The van der Waals surface area contributed by atoms with Crippen LogP contribution in [0.15, 0.2) is 22.7 Å². The monoisotopic (exact) mass is 260 g/mol. The lowest BCUT2D eigenvalue weighted by molar-refractivity contribution is 0.0835. The first-order valence-corrected chi connectivity index (χ1v) is 6.25. The Morgan fingerprint density at radius 3 is 3.00 bits per heavy atom. The van der Waals surface area contributed by atoms with Crippen molar-refractivity contribution in [2.24, 2.45) is 0 Å². The SMILES string of the molecule is c1cc2c(cc1-c1noc(C3CCCO3)n1)OCO2. The highest BCUT2D eigenvalue weighted by Gasteiger charge is 2.24. The maximum atomic E-state index is 5.52. The van der Waals surface area contributed by atoms with E-state index in [-0.39, 0.29) is 12.9 Å². The van der Waals surface area contributed by atoms with Crippen LogP contribution in [-0.4, -0.2) is 23.5 Å². The van der Waals surface area contributed by atoms with Crippen molar-refractivity contribution in [1.29, 1.82) is 0 Å². The number of benzene rings is 1. The molecule has 2 aliphatic heterocycles. The quantitative estimate of drug-likeness (QED) is 0.825. The van der Waals surface area contributed by atoms with Crippen molar-refractivity contribution in [2.45, 2.75) is 18.9 Å². The molecule has 0 amide bonds. The average Bonchev–Trinajstić information content (AvgIpc) is 3.18. The minimum atomic E-state index is -0.0599. The van der Waals surface area contributed by atoms with E-state index in [0.29, 0.717) is 17.5 Å². The Morgan fingerprint density at radius 2 is 2.11 bits per heavy atom. The van der Waals surface area contributed by atoms with Crippen molar-refractivity contribution >= 4 is 0 Å². The summed E-state index contributed by atoms with van der Waals surface area (Å²) in [4.78, 5) is 4.39. The number of fused-ring (bicyclic) bond motifs is 1. The van der Waals surface area contributed by atoms with Gasteiger partial charge in [0.2, 0.25) is 12.6 Å². The molecule has 0 spiro atoms. The van der Waals surface area contributed by atoms with Gasteiger partial charge < -0.3 is 18.7 Å². The van der Waals surface area contributed by atoms with Gasteiger partial charge in [-0.25, -0.2) is 0 Å². The van der Waals surface area contributed by atoms with Crippen LogP contribution >= 0.6 is 0 Å². The van der Waals surface area contributed by atoms with Crippen LogP contribution in [-0.2, 0) is 4.74 Å². The molecule has 2 aromatic rings. The molecule has 3 heterocycles. The number of nitrogens with zero attached hydrogens (tertiary/aromatic N) is 2. The van der Waals surface area contributed by atoms with Crippen molar-refractivity contribution < 1.29 is 18.7 Å². The second-order valence-electron chi connectivity index (χ2n) is 4.53. The summed E-state index contributed by atoms with van der Waals surface area (Å²) < 4.78 is 21.4. The van der Waals surface area contributed by atoms with Crippen molar-refractivity contribution in [1.82, 2.24) is 10.1 Å². The van der Waals surface area contributed by atoms with Crippen LogP contribution in [0.25, 0.3) is 11.4 Å². The summed E-state index contributed by atoms with van der Waals surface area (Å²) in [6, 6.07) is 5.59. The third-order valence-electron chi connectivity index (χ3n) is 3.28. The highest BCUT2D eigenvalue weighted by molar-refractivity contribution is 5.61. The van der Waals surface area contributed by atoms with Crippen molar-refractivity contribution in [3.8, 4) is 22.9 Å². The van der Waals surface area contributed by atoms with Crippen LogP contribution in [0, 0.1) is 0 Å². The largest absolute Gasteiger partial charge is 0.454 e. The Hall–Kier alpha value is -2.08. The summed E-state index contributed by atoms with van der Waals surface area (Å²) in [5, 5.41) is 3.99. The van der Waals surface area contributed by atoms with Crippen molar-refractivity contribution in [2.75, 3.05) is 13.4 Å². The second kappa shape index (κ2) is 4.24. The molecule has 19 heavy (non-hydrogen) atoms. The van der Waals surface area contributed by atoms with E-state index >= 15 is 0 Å². The first-order chi connectivity index (χ1) is 9.40. The van der Waals surface area contributed by atoms with E-state index in [2.05, 4.69) is 10.1 Å². The van der Waals surface area contributed by atoms with Crippen LogP contribution in [0.5, 0.6) is 11.5 Å². The molecule has 0 radical (unpaired) electrons. The van der Waals surface area contributed by atoms with Gasteiger partial charge >= 0.3 is 0 Å². The fourth-order valence-corrected chi connectivity index (χ4v) is 2.29. The van der Waals surface area contributed by atoms with Gasteiger partial charge in [-0.3, -0.25) is 0 Å². The molecule has 1 aromatic carbocycles. The van der Waals surface area contributed by atoms with Crippen molar-refractivity contribution in [3.05, 3.63) is 24.1 Å². The molecule has 0 aliphatic carbocycles. The number of hydrogen-bond acceptors (Lipinski definition) is 6. The molecule has 2 aliphatic rings. The Morgan fingerprint density at radius 1 is 1.16 bits per heavy atom. The minimum Gasteiger partial charge on any atom is -0.454 e. The molecule has 4 rings (SSSR count). The minimum absolute atomic E-state index is 0.0599. The zero-order chi connectivity index (χ0) is 12.7. The van der Waals surface area contributed by atoms with E-state index in [1.807, 2.05) is 18.2 Å². The van der Waals surface area contributed by atoms with Gasteiger partial charge in [0.05, 0.1) is 0 Å². The number of aromatic nitrogens is 2. The molecule has 1 aromatic heterocycles. The van der Waals surface area contributed by atoms with E-state index in [1.165, 1.54) is 0 Å². The number of rotatable bonds is 2. The van der Waals surface area contributed by atoms with Crippen LogP contribution in [0.1, 0.15) is 24.8 Å². The number of ether oxygens (including phenoxy) is 3. The Bertz CT molecular complexity index is 604. The first kappa shape index (κ1) is 10.8. The standard InChI is InChI=1S/C13H12N2O4/c1-2-10(16-5-1)13-14-12(15-19-13)8-3-4-9-11(6-8)18-7-17-9/h3-4,6,10H,1-2,5,7H2. The average molecular weight is 260 g/mol. The summed E-state index contributed by atoms with van der Waals surface area (Å²) >= 11 is 0. The lowest BCUT2D eigenvalue weighted by Gasteiger charge is -2.00. The molecular weight excluding hydrogens is 248 g/mol. The molecule has 0 saturated carbocycles. The van der Waals surface area contributed by atoms with Crippen molar-refractivity contribution in [3.63, 3.8) is 0 Å². The molecule has 0 N–H and O–H groups in total. The van der Waals surface area contributed by atoms with Gasteiger partial charge in [0.25, 0.3) is 5.89 Å². The zero-order valence-corrected chi connectivity index (χ0v) is 10.2. The third-order valence-corrected chi connectivity index (χ3v) is 3.28. The summed E-state index contributed by atoms with van der Waals surface area (Å²) in [6.45, 7) is 1.01. The Labute approximate surface area is 109 Å². The molecule has 6 nitrogen and oxygen atoms in total. The molecule has 6 heteroatoms. The Balaban J connectivity index is 1.65. The zero-order valence-electron chi connectivity index (χ0n) is 10.2.